The molecule has 0 saturated carbocycles. The molecule has 1 aromatic rings. The lowest BCUT2D eigenvalue weighted by molar-refractivity contribution is -0.00625. The lowest BCUT2D eigenvalue weighted by atomic mass is 10.1. The molecule has 1 aromatic carbocycles. The van der Waals surface area contributed by atoms with Gasteiger partial charge in [0.1, 0.15) is 6.10 Å². The predicted octanol–water partition coefficient (Wildman–Crippen LogP) is 3.68. The minimum atomic E-state index is -0.640. The van der Waals surface area contributed by atoms with Crippen LogP contribution in [0.1, 0.15) is 57.6 Å². The third-order valence-corrected chi connectivity index (χ3v) is 3.36. The number of unbranched alkanes of at least 4 members (excludes halogenated alkanes) is 3. The Morgan fingerprint density at radius 1 is 1.21 bits per heavy atom. The van der Waals surface area contributed by atoms with Crippen molar-refractivity contribution in [1.82, 2.24) is 0 Å². The highest BCUT2D eigenvalue weighted by atomic mass is 16.5. The summed E-state index contributed by atoms with van der Waals surface area (Å²) in [6, 6.07) is 7.38. The summed E-state index contributed by atoms with van der Waals surface area (Å²) in [6.45, 7) is 4.58. The van der Waals surface area contributed by atoms with Gasteiger partial charge in [-0.05, 0) is 19.4 Å². The van der Waals surface area contributed by atoms with Gasteiger partial charge in [-0.15, -0.1) is 0 Å². The summed E-state index contributed by atoms with van der Waals surface area (Å²) in [7, 11) is 0. The number of hydrogen-bond acceptors (Lipinski definition) is 3. The number of rotatable bonds is 9. The second-order valence-electron chi connectivity index (χ2n) is 5.14. The molecule has 1 rings (SSSR count). The van der Waals surface area contributed by atoms with Gasteiger partial charge in [-0.2, -0.15) is 0 Å². The molecule has 3 N–H and O–H groups in total. The van der Waals surface area contributed by atoms with Crippen molar-refractivity contribution in [1.29, 1.82) is 0 Å². The standard InChI is InChI=1S/C16H27NO2/c1-3-4-5-6-9-13(2)19-12-16(18)14-10-7-8-11-15(14)17/h7-8,10-11,13,16,18H,3-6,9,12,17H2,1-2H3. The Labute approximate surface area is 116 Å². The molecule has 2 unspecified atom stereocenters. The molecule has 2 atom stereocenters. The van der Waals surface area contributed by atoms with E-state index in [4.69, 9.17) is 10.5 Å². The van der Waals surface area contributed by atoms with Crippen molar-refractivity contribution >= 4 is 5.69 Å². The van der Waals surface area contributed by atoms with Crippen molar-refractivity contribution in [3.8, 4) is 0 Å². The van der Waals surface area contributed by atoms with Crippen molar-refractivity contribution in [3.63, 3.8) is 0 Å². The monoisotopic (exact) mass is 265 g/mol. The fourth-order valence-corrected chi connectivity index (χ4v) is 2.10. The molecule has 108 valence electrons. The van der Waals surface area contributed by atoms with Crippen LogP contribution in [0.5, 0.6) is 0 Å². The first-order chi connectivity index (χ1) is 9.15. The van der Waals surface area contributed by atoms with Crippen molar-refractivity contribution in [2.75, 3.05) is 12.3 Å². The van der Waals surface area contributed by atoms with Crippen molar-refractivity contribution < 1.29 is 9.84 Å². The molecule has 0 fully saturated rings. The SMILES string of the molecule is CCCCCCC(C)OCC(O)c1ccccc1N. The van der Waals surface area contributed by atoms with Crippen LogP contribution >= 0.6 is 0 Å². The van der Waals surface area contributed by atoms with Gasteiger partial charge in [0.25, 0.3) is 0 Å². The molecule has 3 heteroatoms. The van der Waals surface area contributed by atoms with Crippen LogP contribution in [-0.2, 0) is 4.74 Å². The van der Waals surface area contributed by atoms with Crippen molar-refractivity contribution in [2.24, 2.45) is 0 Å². The Bertz CT molecular complexity index is 354. The molecule has 19 heavy (non-hydrogen) atoms. The van der Waals surface area contributed by atoms with E-state index in [9.17, 15) is 5.11 Å². The van der Waals surface area contributed by atoms with Gasteiger partial charge in [0.15, 0.2) is 0 Å². The minimum Gasteiger partial charge on any atom is -0.398 e. The molecule has 0 bridgehead atoms. The number of benzene rings is 1. The number of aliphatic hydroxyl groups is 1. The Morgan fingerprint density at radius 3 is 2.63 bits per heavy atom. The third kappa shape index (κ3) is 6.08. The molecule has 0 heterocycles. The number of nitrogen functional groups attached to an aromatic ring is 1. The maximum Gasteiger partial charge on any atom is 0.104 e. The number of para-hydroxylation sites is 1. The van der Waals surface area contributed by atoms with Gasteiger partial charge < -0.3 is 15.6 Å². The first-order valence-corrected chi connectivity index (χ1v) is 7.29. The molecule has 0 aliphatic carbocycles. The summed E-state index contributed by atoms with van der Waals surface area (Å²) < 4.78 is 5.69. The van der Waals surface area contributed by atoms with Crippen LogP contribution in [0, 0.1) is 0 Å². The number of ether oxygens (including phenoxy) is 1. The predicted molar refractivity (Wildman–Crippen MR) is 80.0 cm³/mol. The van der Waals surface area contributed by atoms with Gasteiger partial charge >= 0.3 is 0 Å². The molecule has 0 saturated heterocycles. The molecule has 0 radical (unpaired) electrons. The number of aliphatic hydroxyl groups excluding tert-OH is 1. The van der Waals surface area contributed by atoms with Crippen molar-refractivity contribution in [2.45, 2.75) is 58.2 Å². The van der Waals surface area contributed by atoms with Crippen LogP contribution in [0.3, 0.4) is 0 Å². The lowest BCUT2D eigenvalue weighted by Gasteiger charge is -2.17. The highest BCUT2D eigenvalue weighted by Crippen LogP contribution is 2.20. The molecule has 0 aliphatic heterocycles. The molecule has 0 aliphatic rings. The van der Waals surface area contributed by atoms with Gasteiger partial charge in [0, 0.05) is 11.3 Å². The van der Waals surface area contributed by atoms with E-state index in [2.05, 4.69) is 13.8 Å². The Balaban J connectivity index is 2.26. The van der Waals surface area contributed by atoms with Crippen LogP contribution in [0.4, 0.5) is 5.69 Å². The average Bonchev–Trinajstić information content (AvgIpc) is 2.41. The summed E-state index contributed by atoms with van der Waals surface area (Å²) in [5.74, 6) is 0. The van der Waals surface area contributed by atoms with Gasteiger partial charge in [-0.25, -0.2) is 0 Å². The minimum absolute atomic E-state index is 0.191. The largest absolute Gasteiger partial charge is 0.398 e. The average molecular weight is 265 g/mol. The second-order valence-corrected chi connectivity index (χ2v) is 5.14. The summed E-state index contributed by atoms with van der Waals surface area (Å²) in [5, 5.41) is 10.1. The maximum absolute atomic E-state index is 10.1. The molecule has 0 aromatic heterocycles. The Morgan fingerprint density at radius 2 is 1.95 bits per heavy atom. The normalized spacial score (nSPS) is 14.3. The quantitative estimate of drug-likeness (QED) is 0.529. The highest BCUT2D eigenvalue weighted by molar-refractivity contribution is 5.47. The smallest absolute Gasteiger partial charge is 0.104 e. The summed E-state index contributed by atoms with van der Waals surface area (Å²) >= 11 is 0. The van der Waals surface area contributed by atoms with E-state index in [0.717, 1.165) is 12.0 Å². The third-order valence-electron chi connectivity index (χ3n) is 3.36. The van der Waals surface area contributed by atoms with Crippen LogP contribution in [0.2, 0.25) is 0 Å². The number of nitrogens with two attached hydrogens (primary N) is 1. The first kappa shape index (κ1) is 16.0. The van der Waals surface area contributed by atoms with Gasteiger partial charge in [-0.3, -0.25) is 0 Å². The van der Waals surface area contributed by atoms with Crippen LogP contribution in [-0.4, -0.2) is 17.8 Å². The second kappa shape index (κ2) is 8.94. The molecular weight excluding hydrogens is 238 g/mol. The fraction of sp³-hybridized carbons (Fsp3) is 0.625. The van der Waals surface area contributed by atoms with E-state index >= 15 is 0 Å². The van der Waals surface area contributed by atoms with Gasteiger partial charge in [0.05, 0.1) is 12.7 Å². The van der Waals surface area contributed by atoms with Gasteiger partial charge in [-0.1, -0.05) is 50.8 Å². The van der Waals surface area contributed by atoms with E-state index in [1.54, 1.807) is 6.07 Å². The molecular formula is C16H27NO2. The van der Waals surface area contributed by atoms with Crippen LogP contribution in [0.15, 0.2) is 24.3 Å². The first-order valence-electron chi connectivity index (χ1n) is 7.29. The fourth-order valence-electron chi connectivity index (χ4n) is 2.10. The summed E-state index contributed by atoms with van der Waals surface area (Å²) in [6.07, 6.45) is 5.60. The topological polar surface area (TPSA) is 55.5 Å². The van der Waals surface area contributed by atoms with E-state index in [0.29, 0.717) is 12.3 Å². The molecule has 0 spiro atoms. The summed E-state index contributed by atoms with van der Waals surface area (Å²) in [5.41, 5.74) is 7.20. The maximum atomic E-state index is 10.1. The Kier molecular flexibility index (Phi) is 7.53. The zero-order valence-electron chi connectivity index (χ0n) is 12.1. The zero-order chi connectivity index (χ0) is 14.1. The van der Waals surface area contributed by atoms with E-state index in [-0.39, 0.29) is 6.10 Å². The lowest BCUT2D eigenvalue weighted by Crippen LogP contribution is -2.15. The number of hydrogen-bond donors (Lipinski definition) is 2. The highest BCUT2D eigenvalue weighted by Gasteiger charge is 2.12. The van der Waals surface area contributed by atoms with Crippen molar-refractivity contribution in [3.05, 3.63) is 29.8 Å². The molecule has 3 nitrogen and oxygen atoms in total. The zero-order valence-corrected chi connectivity index (χ0v) is 12.1. The summed E-state index contributed by atoms with van der Waals surface area (Å²) in [4.78, 5) is 0. The van der Waals surface area contributed by atoms with Gasteiger partial charge in [0.2, 0.25) is 0 Å². The Hall–Kier alpha value is -1.06. The number of anilines is 1. The van der Waals surface area contributed by atoms with Crippen LogP contribution in [0.25, 0.3) is 0 Å². The van der Waals surface area contributed by atoms with Crippen LogP contribution < -0.4 is 5.73 Å². The van der Waals surface area contributed by atoms with E-state index in [1.807, 2.05) is 18.2 Å². The van der Waals surface area contributed by atoms with E-state index in [1.165, 1.54) is 25.7 Å². The molecule has 0 amide bonds. The van der Waals surface area contributed by atoms with E-state index < -0.39 is 6.10 Å².